The van der Waals surface area contributed by atoms with Gasteiger partial charge >= 0.3 is 18.2 Å². The van der Waals surface area contributed by atoms with Crippen LogP contribution in [0.4, 0.5) is 9.59 Å². The monoisotopic (exact) mass is 839 g/mol. The van der Waals surface area contributed by atoms with Crippen LogP contribution in [0.5, 0.6) is 0 Å². The van der Waals surface area contributed by atoms with Gasteiger partial charge in [-0.25, -0.2) is 9.59 Å². The maximum Gasteiger partial charge on any atom is 0.426 e. The van der Waals surface area contributed by atoms with Crippen LogP contribution in [0.3, 0.4) is 0 Å². The van der Waals surface area contributed by atoms with E-state index in [2.05, 4.69) is 33.1 Å². The average molecular weight is 840 g/mol. The van der Waals surface area contributed by atoms with Crippen LogP contribution in [-0.4, -0.2) is 59.8 Å². The smallest absolute Gasteiger partial charge is 0.426 e. The largest absolute Gasteiger partial charge is 0.481 e. The van der Waals surface area contributed by atoms with Crippen molar-refractivity contribution < 1.29 is 33.8 Å². The number of hydrogen-bond donors (Lipinski definition) is 1. The molecule has 0 rings (SSSR count). The second kappa shape index (κ2) is 26.1. The van der Waals surface area contributed by atoms with Crippen molar-refractivity contribution in [2.45, 2.75) is 196 Å². The van der Waals surface area contributed by atoms with Gasteiger partial charge in [-0.2, -0.15) is 0 Å². The van der Waals surface area contributed by atoms with Crippen molar-refractivity contribution in [1.82, 2.24) is 4.90 Å². The van der Waals surface area contributed by atoms with Gasteiger partial charge in [-0.15, -0.1) is 23.2 Å². The van der Waals surface area contributed by atoms with Crippen molar-refractivity contribution in [3.05, 3.63) is 36.5 Å². The number of amides is 3. The SMILES string of the molecule is C=CC(C)(C/C=C(\C)CCC(SC(=S)SCCCCCCCCCCCC)C(=O)N(C(=O)OC(C)(C)C)C(=O)OC(C)(C)C)CC(CC(C)(C)C(=O)O)C(=C)C. The number of carboxylic acid groups (broad SMARTS) is 1. The van der Waals surface area contributed by atoms with Gasteiger partial charge in [0, 0.05) is 0 Å². The number of thiocarbonyl (C=S) groups is 1. The molecule has 0 aliphatic heterocycles. The highest BCUT2D eigenvalue weighted by Crippen LogP contribution is 2.40. The predicted octanol–water partition coefficient (Wildman–Crippen LogP) is 14.1. The third-order valence-electron chi connectivity index (χ3n) is 9.56. The van der Waals surface area contributed by atoms with Gasteiger partial charge in [-0.1, -0.05) is 125 Å². The molecule has 0 aliphatic carbocycles. The van der Waals surface area contributed by atoms with E-state index in [-0.39, 0.29) is 11.3 Å². The van der Waals surface area contributed by atoms with Gasteiger partial charge in [0.25, 0.3) is 5.91 Å². The van der Waals surface area contributed by atoms with Gasteiger partial charge in [0.15, 0.2) is 0 Å². The average Bonchev–Trinajstić information content (AvgIpc) is 3.05. The summed E-state index contributed by atoms with van der Waals surface area (Å²) in [6.45, 7) is 30.1. The number of aliphatic carboxylic acids is 1. The van der Waals surface area contributed by atoms with Gasteiger partial charge in [0.05, 0.1) is 10.7 Å². The first-order valence-corrected chi connectivity index (χ1v) is 22.9. The maximum atomic E-state index is 14.3. The molecule has 3 atom stereocenters. The minimum atomic E-state index is -1.08. The fraction of sp³-hybridized carbons (Fsp3) is 0.756. The van der Waals surface area contributed by atoms with Crippen LogP contribution in [0.15, 0.2) is 36.5 Å². The third-order valence-corrected chi connectivity index (χ3v) is 12.5. The fourth-order valence-electron chi connectivity index (χ4n) is 5.95. The van der Waals surface area contributed by atoms with Crippen LogP contribution in [0.25, 0.3) is 0 Å². The molecule has 0 bridgehead atoms. The minimum Gasteiger partial charge on any atom is -0.481 e. The molecule has 0 aromatic carbocycles. The van der Waals surface area contributed by atoms with Crippen molar-refractivity contribution in [2.24, 2.45) is 16.7 Å². The molecule has 322 valence electrons. The zero-order valence-electron chi connectivity index (χ0n) is 37.1. The first-order chi connectivity index (χ1) is 25.8. The summed E-state index contributed by atoms with van der Waals surface area (Å²) in [5.74, 6) is -0.745. The van der Waals surface area contributed by atoms with E-state index in [1.54, 1.807) is 55.4 Å². The first-order valence-electron chi connectivity index (χ1n) is 20.6. The molecule has 0 heterocycles. The van der Waals surface area contributed by atoms with Crippen molar-refractivity contribution >= 4 is 63.3 Å². The Bertz CT molecular complexity index is 1300. The molecule has 3 unspecified atom stereocenters. The highest BCUT2D eigenvalue weighted by Gasteiger charge is 2.40. The molecule has 0 fully saturated rings. The second-order valence-corrected chi connectivity index (χ2v) is 21.8. The summed E-state index contributed by atoms with van der Waals surface area (Å²) < 4.78 is 11.6. The van der Waals surface area contributed by atoms with E-state index in [0.29, 0.717) is 40.5 Å². The van der Waals surface area contributed by atoms with Gasteiger partial charge in [-0.3, -0.25) is 9.59 Å². The number of unbranched alkanes of at least 4 members (excludes halogenated alkanes) is 9. The molecule has 3 amide bonds. The standard InChI is InChI=1S/C45H77NO7S3/c1-15-17-18-19-20-21-22-23-24-25-30-55-41(54)56-36(37(47)46(39(50)52-42(6,7)8)40(51)53-43(9,10)11)27-26-34(5)28-29-45(14,16-2)32-35(33(3)4)31-44(12,13)38(48)49/h16,28,35-36H,2-3,15,17-27,29-32H2,1,4-14H3,(H,48,49)/b34-28+. The first kappa shape index (κ1) is 53.9. The lowest BCUT2D eigenvalue weighted by Crippen LogP contribution is -2.50. The van der Waals surface area contributed by atoms with Crippen LogP contribution >= 0.6 is 35.7 Å². The van der Waals surface area contributed by atoms with E-state index in [9.17, 15) is 24.3 Å². The Morgan fingerprint density at radius 2 is 1.29 bits per heavy atom. The Labute approximate surface area is 355 Å². The number of carboxylic acids is 1. The molecule has 0 spiro atoms. The lowest BCUT2D eigenvalue weighted by Gasteiger charge is -2.33. The van der Waals surface area contributed by atoms with E-state index in [1.807, 2.05) is 19.9 Å². The summed E-state index contributed by atoms with van der Waals surface area (Å²) in [5.41, 5.74) is -1.17. The van der Waals surface area contributed by atoms with Crippen LogP contribution < -0.4 is 0 Å². The summed E-state index contributed by atoms with van der Waals surface area (Å²) in [7, 11) is 0. The van der Waals surface area contributed by atoms with Gasteiger partial charge in [0.2, 0.25) is 0 Å². The molecular formula is C45H77NO7S3. The lowest BCUT2D eigenvalue weighted by atomic mass is 9.71. The summed E-state index contributed by atoms with van der Waals surface area (Å²) in [4.78, 5) is 53.5. The third kappa shape index (κ3) is 24.0. The van der Waals surface area contributed by atoms with E-state index < -0.39 is 45.9 Å². The highest BCUT2D eigenvalue weighted by atomic mass is 32.2. The Morgan fingerprint density at radius 1 is 0.804 bits per heavy atom. The molecule has 0 saturated carbocycles. The van der Waals surface area contributed by atoms with E-state index >= 15 is 0 Å². The Morgan fingerprint density at radius 3 is 1.71 bits per heavy atom. The second-order valence-electron chi connectivity index (χ2n) is 18.3. The maximum absolute atomic E-state index is 14.3. The van der Waals surface area contributed by atoms with E-state index in [0.717, 1.165) is 29.7 Å². The molecule has 0 saturated heterocycles. The van der Waals surface area contributed by atoms with Crippen LogP contribution in [0.1, 0.15) is 179 Å². The quantitative estimate of drug-likeness (QED) is 0.0542. The van der Waals surface area contributed by atoms with Crippen LogP contribution in [0.2, 0.25) is 0 Å². The molecule has 1 N–H and O–H groups in total. The van der Waals surface area contributed by atoms with E-state index in [1.165, 1.54) is 74.9 Å². The molecule has 0 aromatic rings. The van der Waals surface area contributed by atoms with Crippen molar-refractivity contribution in [3.63, 3.8) is 0 Å². The molecule has 0 radical (unpaired) electrons. The Hall–Kier alpha value is -2.11. The van der Waals surface area contributed by atoms with Crippen molar-refractivity contribution in [3.8, 4) is 0 Å². The normalized spacial score (nSPS) is 14.6. The van der Waals surface area contributed by atoms with Crippen molar-refractivity contribution in [2.75, 3.05) is 5.75 Å². The lowest BCUT2D eigenvalue weighted by molar-refractivity contribution is -0.147. The summed E-state index contributed by atoms with van der Waals surface area (Å²) >= 11 is 8.52. The fourth-order valence-corrected chi connectivity index (χ4v) is 8.61. The Balaban J connectivity index is 6.05. The number of nitrogens with zero attached hydrogens (tertiary/aromatic N) is 1. The number of imide groups is 3. The molecule has 11 heteroatoms. The number of ether oxygens (including phenoxy) is 2. The summed E-state index contributed by atoms with van der Waals surface area (Å²) in [6, 6.07) is 0. The number of thioether (sulfide) groups is 2. The topological polar surface area (TPSA) is 110 Å². The highest BCUT2D eigenvalue weighted by molar-refractivity contribution is 8.47. The number of carbonyl (C=O) groups is 4. The number of carbonyl (C=O) groups excluding carboxylic acids is 3. The van der Waals surface area contributed by atoms with Gasteiger partial charge < -0.3 is 14.6 Å². The molecule has 0 aliphatic rings. The van der Waals surface area contributed by atoms with E-state index in [4.69, 9.17) is 21.7 Å². The van der Waals surface area contributed by atoms with Crippen molar-refractivity contribution in [1.29, 1.82) is 0 Å². The summed E-state index contributed by atoms with van der Waals surface area (Å²) in [6.07, 6.45) is 16.9. The minimum absolute atomic E-state index is 0.0123. The number of rotatable bonds is 25. The van der Waals surface area contributed by atoms with Gasteiger partial charge in [0.1, 0.15) is 14.7 Å². The van der Waals surface area contributed by atoms with Crippen LogP contribution in [0, 0.1) is 16.7 Å². The predicted molar refractivity (Wildman–Crippen MR) is 242 cm³/mol. The van der Waals surface area contributed by atoms with Crippen LogP contribution in [-0.2, 0) is 19.1 Å². The molecule has 0 aromatic heterocycles. The Kier molecular flexibility index (Phi) is 25.1. The van der Waals surface area contributed by atoms with Gasteiger partial charge in [-0.05, 0) is 125 Å². The zero-order valence-corrected chi connectivity index (χ0v) is 39.6. The molecule has 56 heavy (non-hydrogen) atoms. The number of hydrogen-bond acceptors (Lipinski definition) is 9. The molecule has 8 nitrogen and oxygen atoms in total. The zero-order chi connectivity index (χ0) is 43.3. The summed E-state index contributed by atoms with van der Waals surface area (Å²) in [5, 5.41) is 8.92. The molecular weight excluding hydrogens is 763 g/mol. The number of allylic oxidation sites excluding steroid dienone is 4.